The maximum absolute atomic E-state index is 10.2. The summed E-state index contributed by atoms with van der Waals surface area (Å²) in [5.74, 6) is 0.462. The van der Waals surface area contributed by atoms with Crippen LogP contribution in [0.2, 0.25) is 0 Å². The Morgan fingerprint density at radius 2 is 2.00 bits per heavy atom. The van der Waals surface area contributed by atoms with E-state index in [9.17, 15) is 5.11 Å². The van der Waals surface area contributed by atoms with Gasteiger partial charge in [0.15, 0.2) is 0 Å². The fourth-order valence-electron chi connectivity index (χ4n) is 3.70. The second-order valence-corrected chi connectivity index (χ2v) is 6.77. The van der Waals surface area contributed by atoms with Gasteiger partial charge in [0.25, 0.3) is 0 Å². The SMILES string of the molecule is CC1=C2C[C@@H](C(C)(C)O)CC[C@]2(C)CCC1. The lowest BCUT2D eigenvalue weighted by Crippen LogP contribution is -2.39. The van der Waals surface area contributed by atoms with Crippen molar-refractivity contribution >= 4 is 0 Å². The monoisotopic (exact) mass is 222 g/mol. The highest BCUT2D eigenvalue weighted by Gasteiger charge is 2.41. The van der Waals surface area contributed by atoms with E-state index in [2.05, 4.69) is 13.8 Å². The standard InChI is InChI=1S/C15H26O/c1-11-6-5-8-15(4)9-7-12(10-13(11)15)14(2,3)16/h12,16H,5-10H2,1-4H3/t12-,15-/m0/s1. The molecule has 2 aliphatic carbocycles. The number of hydrogen-bond acceptors (Lipinski definition) is 1. The van der Waals surface area contributed by atoms with E-state index in [-0.39, 0.29) is 0 Å². The summed E-state index contributed by atoms with van der Waals surface area (Å²) >= 11 is 0. The molecule has 16 heavy (non-hydrogen) atoms. The first-order chi connectivity index (χ1) is 7.33. The highest BCUT2D eigenvalue weighted by molar-refractivity contribution is 5.26. The zero-order valence-electron chi connectivity index (χ0n) is 11.3. The van der Waals surface area contributed by atoms with Crippen molar-refractivity contribution in [2.45, 2.75) is 71.8 Å². The van der Waals surface area contributed by atoms with Crippen molar-refractivity contribution in [3.8, 4) is 0 Å². The van der Waals surface area contributed by atoms with Crippen molar-refractivity contribution in [1.29, 1.82) is 0 Å². The molecule has 1 saturated carbocycles. The van der Waals surface area contributed by atoms with Gasteiger partial charge in [-0.2, -0.15) is 0 Å². The minimum absolute atomic E-state index is 0.462. The molecule has 0 aliphatic heterocycles. The van der Waals surface area contributed by atoms with Gasteiger partial charge in [0.05, 0.1) is 5.60 Å². The topological polar surface area (TPSA) is 20.2 Å². The van der Waals surface area contributed by atoms with Crippen LogP contribution in [0.15, 0.2) is 11.1 Å². The van der Waals surface area contributed by atoms with E-state index in [0.717, 1.165) is 6.42 Å². The largest absolute Gasteiger partial charge is 0.390 e. The zero-order valence-corrected chi connectivity index (χ0v) is 11.3. The van der Waals surface area contributed by atoms with Gasteiger partial charge in [0.1, 0.15) is 0 Å². The summed E-state index contributed by atoms with van der Waals surface area (Å²) in [6, 6.07) is 0. The molecule has 1 heteroatoms. The first-order valence-corrected chi connectivity index (χ1v) is 6.74. The first-order valence-electron chi connectivity index (χ1n) is 6.74. The van der Waals surface area contributed by atoms with Crippen molar-refractivity contribution in [1.82, 2.24) is 0 Å². The Bertz CT molecular complexity index is 308. The molecule has 2 atom stereocenters. The lowest BCUT2D eigenvalue weighted by molar-refractivity contribution is -0.00453. The van der Waals surface area contributed by atoms with Crippen LogP contribution in [-0.4, -0.2) is 10.7 Å². The van der Waals surface area contributed by atoms with Gasteiger partial charge < -0.3 is 5.11 Å². The van der Waals surface area contributed by atoms with Crippen molar-refractivity contribution < 1.29 is 5.11 Å². The molecule has 1 N–H and O–H groups in total. The second-order valence-electron chi connectivity index (χ2n) is 6.77. The maximum Gasteiger partial charge on any atom is 0.0622 e. The van der Waals surface area contributed by atoms with Crippen molar-refractivity contribution in [2.24, 2.45) is 11.3 Å². The molecular formula is C15H26O. The average Bonchev–Trinajstić information content (AvgIpc) is 2.15. The molecule has 2 aliphatic rings. The highest BCUT2D eigenvalue weighted by atomic mass is 16.3. The Balaban J connectivity index is 2.25. The summed E-state index contributed by atoms with van der Waals surface area (Å²) in [7, 11) is 0. The van der Waals surface area contributed by atoms with Crippen LogP contribution in [0.1, 0.15) is 66.2 Å². The molecule has 0 aromatic heterocycles. The van der Waals surface area contributed by atoms with Gasteiger partial charge in [0, 0.05) is 0 Å². The van der Waals surface area contributed by atoms with Gasteiger partial charge in [0.2, 0.25) is 0 Å². The first kappa shape index (κ1) is 12.2. The summed E-state index contributed by atoms with van der Waals surface area (Å²) in [4.78, 5) is 0. The number of aliphatic hydroxyl groups is 1. The molecule has 0 heterocycles. The van der Waals surface area contributed by atoms with E-state index in [1.807, 2.05) is 13.8 Å². The smallest absolute Gasteiger partial charge is 0.0622 e. The summed E-state index contributed by atoms with van der Waals surface area (Å²) < 4.78 is 0. The van der Waals surface area contributed by atoms with Crippen molar-refractivity contribution in [2.75, 3.05) is 0 Å². The minimum Gasteiger partial charge on any atom is -0.390 e. The van der Waals surface area contributed by atoms with E-state index < -0.39 is 5.60 Å². The molecule has 1 fully saturated rings. The van der Waals surface area contributed by atoms with Crippen LogP contribution in [0.5, 0.6) is 0 Å². The zero-order chi connectivity index (χ0) is 12.0. The summed E-state index contributed by atoms with van der Waals surface area (Å²) in [5.41, 5.74) is 3.25. The Morgan fingerprint density at radius 1 is 1.31 bits per heavy atom. The quantitative estimate of drug-likeness (QED) is 0.663. The lowest BCUT2D eigenvalue weighted by atomic mass is 9.60. The Hall–Kier alpha value is -0.300. The number of allylic oxidation sites excluding steroid dienone is 2. The van der Waals surface area contributed by atoms with Gasteiger partial charge >= 0.3 is 0 Å². The van der Waals surface area contributed by atoms with Crippen LogP contribution in [0.25, 0.3) is 0 Å². The summed E-state index contributed by atoms with van der Waals surface area (Å²) in [5, 5.41) is 10.2. The van der Waals surface area contributed by atoms with Crippen LogP contribution in [-0.2, 0) is 0 Å². The molecular weight excluding hydrogens is 196 g/mol. The summed E-state index contributed by atoms with van der Waals surface area (Å²) in [6.07, 6.45) is 7.59. The van der Waals surface area contributed by atoms with Crippen LogP contribution < -0.4 is 0 Å². The summed E-state index contributed by atoms with van der Waals surface area (Å²) in [6.45, 7) is 8.68. The molecule has 0 aromatic rings. The van der Waals surface area contributed by atoms with Crippen LogP contribution in [0.3, 0.4) is 0 Å². The van der Waals surface area contributed by atoms with Crippen LogP contribution in [0.4, 0.5) is 0 Å². The lowest BCUT2D eigenvalue weighted by Gasteiger charge is -2.46. The second kappa shape index (κ2) is 3.87. The van der Waals surface area contributed by atoms with Gasteiger partial charge in [-0.15, -0.1) is 0 Å². The molecule has 0 spiro atoms. The third kappa shape index (κ3) is 2.07. The Kier molecular flexibility index (Phi) is 2.94. The van der Waals surface area contributed by atoms with Gasteiger partial charge in [-0.3, -0.25) is 0 Å². The molecule has 0 unspecified atom stereocenters. The molecule has 0 aromatic carbocycles. The predicted octanol–water partition coefficient (Wildman–Crippen LogP) is 4.06. The molecule has 2 rings (SSSR count). The highest BCUT2D eigenvalue weighted by Crippen LogP contribution is 2.52. The third-order valence-corrected chi connectivity index (χ3v) is 5.02. The van der Waals surface area contributed by atoms with Crippen LogP contribution >= 0.6 is 0 Å². The number of rotatable bonds is 1. The van der Waals surface area contributed by atoms with Gasteiger partial charge in [-0.25, -0.2) is 0 Å². The molecule has 0 saturated heterocycles. The minimum atomic E-state index is -0.508. The Morgan fingerprint density at radius 3 is 2.62 bits per heavy atom. The Labute approximate surface area is 99.9 Å². The van der Waals surface area contributed by atoms with E-state index in [1.165, 1.54) is 32.1 Å². The molecule has 1 nitrogen and oxygen atoms in total. The van der Waals surface area contributed by atoms with Gasteiger partial charge in [-0.05, 0) is 70.6 Å². The maximum atomic E-state index is 10.2. The van der Waals surface area contributed by atoms with Crippen molar-refractivity contribution in [3.63, 3.8) is 0 Å². The van der Waals surface area contributed by atoms with E-state index in [0.29, 0.717) is 11.3 Å². The molecule has 92 valence electrons. The predicted molar refractivity (Wildman–Crippen MR) is 68.3 cm³/mol. The molecule has 0 radical (unpaired) electrons. The average molecular weight is 222 g/mol. The third-order valence-electron chi connectivity index (χ3n) is 5.02. The fraction of sp³-hybridized carbons (Fsp3) is 0.867. The van der Waals surface area contributed by atoms with E-state index in [1.54, 1.807) is 11.1 Å². The normalized spacial score (nSPS) is 36.2. The number of hydrogen-bond donors (Lipinski definition) is 1. The molecule has 0 bridgehead atoms. The van der Waals surface area contributed by atoms with Gasteiger partial charge in [-0.1, -0.05) is 18.1 Å². The molecule has 0 amide bonds. The van der Waals surface area contributed by atoms with E-state index >= 15 is 0 Å². The van der Waals surface area contributed by atoms with Crippen molar-refractivity contribution in [3.05, 3.63) is 11.1 Å². The number of fused-ring (bicyclic) bond motifs is 1. The van der Waals surface area contributed by atoms with E-state index in [4.69, 9.17) is 0 Å². The fourth-order valence-corrected chi connectivity index (χ4v) is 3.70. The van der Waals surface area contributed by atoms with Crippen LogP contribution in [0, 0.1) is 11.3 Å².